The molecular weight excluding hydrogens is 307 g/mol. The van der Waals surface area contributed by atoms with Crippen LogP contribution in [-0.4, -0.2) is 17.6 Å². The Labute approximate surface area is 138 Å². The van der Waals surface area contributed by atoms with Crippen LogP contribution in [0.25, 0.3) is 11.1 Å². The normalized spacial score (nSPS) is 32.3. The fourth-order valence-electron chi connectivity index (χ4n) is 4.15. The van der Waals surface area contributed by atoms with Crippen LogP contribution in [0.1, 0.15) is 36.0 Å². The first kappa shape index (κ1) is 13.7. The van der Waals surface area contributed by atoms with Gasteiger partial charge in [-0.05, 0) is 41.2 Å². The SMILES string of the molecule is CC1(F)CC1c1ccc2c(c1)C1(NC(=O)NC1=O)c1ccccc1-2. The summed E-state index contributed by atoms with van der Waals surface area (Å²) in [5, 5.41) is 5.15. The number of alkyl halides is 1. The Balaban J connectivity index is 1.77. The summed E-state index contributed by atoms with van der Waals surface area (Å²) in [6.45, 7) is 1.60. The molecule has 2 aromatic rings. The van der Waals surface area contributed by atoms with Crippen molar-refractivity contribution in [2.24, 2.45) is 0 Å². The summed E-state index contributed by atoms with van der Waals surface area (Å²) in [6.07, 6.45) is 0.490. The number of amides is 3. The van der Waals surface area contributed by atoms with E-state index in [1.807, 2.05) is 42.5 Å². The van der Waals surface area contributed by atoms with E-state index in [-0.39, 0.29) is 11.8 Å². The van der Waals surface area contributed by atoms with Crippen molar-refractivity contribution in [1.29, 1.82) is 0 Å². The van der Waals surface area contributed by atoms with Crippen LogP contribution in [0, 0.1) is 0 Å². The molecule has 3 aliphatic rings. The lowest BCUT2D eigenvalue weighted by molar-refractivity contribution is -0.122. The molecular formula is C19H15FN2O2. The number of rotatable bonds is 1. The van der Waals surface area contributed by atoms with Gasteiger partial charge in [-0.15, -0.1) is 0 Å². The molecule has 2 fully saturated rings. The largest absolute Gasteiger partial charge is 0.322 e. The summed E-state index contributed by atoms with van der Waals surface area (Å²) >= 11 is 0. The monoisotopic (exact) mass is 322 g/mol. The van der Waals surface area contributed by atoms with Gasteiger partial charge in [0.2, 0.25) is 0 Å². The van der Waals surface area contributed by atoms with Gasteiger partial charge in [0.25, 0.3) is 5.91 Å². The maximum atomic E-state index is 14.1. The summed E-state index contributed by atoms with van der Waals surface area (Å²) < 4.78 is 14.1. The highest BCUT2D eigenvalue weighted by atomic mass is 19.1. The summed E-state index contributed by atoms with van der Waals surface area (Å²) in [7, 11) is 0. The topological polar surface area (TPSA) is 58.2 Å². The first-order valence-electron chi connectivity index (χ1n) is 8.00. The van der Waals surface area contributed by atoms with Crippen LogP contribution in [0.2, 0.25) is 0 Å². The van der Waals surface area contributed by atoms with Crippen molar-refractivity contribution >= 4 is 11.9 Å². The van der Waals surface area contributed by atoms with Crippen LogP contribution in [0.15, 0.2) is 42.5 Å². The molecule has 3 unspecified atom stereocenters. The smallest absolute Gasteiger partial charge is 0.316 e. The number of benzene rings is 2. The zero-order chi connectivity index (χ0) is 16.7. The Morgan fingerprint density at radius 2 is 1.79 bits per heavy atom. The Morgan fingerprint density at radius 3 is 2.46 bits per heavy atom. The van der Waals surface area contributed by atoms with Gasteiger partial charge in [0.15, 0.2) is 5.54 Å². The zero-order valence-corrected chi connectivity index (χ0v) is 13.0. The van der Waals surface area contributed by atoms with Crippen LogP contribution in [0.4, 0.5) is 9.18 Å². The summed E-state index contributed by atoms with van der Waals surface area (Å²) in [5.41, 5.74) is 1.81. The van der Waals surface area contributed by atoms with Gasteiger partial charge < -0.3 is 5.32 Å². The van der Waals surface area contributed by atoms with Gasteiger partial charge in [-0.2, -0.15) is 0 Å². The fraction of sp³-hybridized carbons (Fsp3) is 0.263. The van der Waals surface area contributed by atoms with Crippen LogP contribution in [0.5, 0.6) is 0 Å². The van der Waals surface area contributed by atoms with E-state index >= 15 is 0 Å². The minimum Gasteiger partial charge on any atom is -0.316 e. The molecule has 120 valence electrons. The lowest BCUT2D eigenvalue weighted by atomic mass is 9.86. The molecule has 3 amide bonds. The van der Waals surface area contributed by atoms with Crippen molar-refractivity contribution in [3.05, 3.63) is 59.2 Å². The first-order valence-corrected chi connectivity index (χ1v) is 8.00. The predicted molar refractivity (Wildman–Crippen MR) is 86.2 cm³/mol. The van der Waals surface area contributed by atoms with Crippen molar-refractivity contribution in [1.82, 2.24) is 10.6 Å². The standard InChI is InChI=1S/C19H15FN2O2/c1-18(20)9-15(18)10-6-7-12-11-4-2-3-5-13(11)19(14(12)8-10)16(23)21-17(24)22-19/h2-8,15H,9H2,1H3,(H2,21,22,23,24). The molecule has 1 heterocycles. The van der Waals surface area contributed by atoms with E-state index in [9.17, 15) is 14.0 Å². The van der Waals surface area contributed by atoms with Crippen molar-refractivity contribution in [3.63, 3.8) is 0 Å². The quantitative estimate of drug-likeness (QED) is 0.793. The molecule has 0 aromatic heterocycles. The second-order valence-corrected chi connectivity index (χ2v) is 7.04. The Hall–Kier alpha value is -2.69. The average Bonchev–Trinajstić information content (AvgIpc) is 2.95. The van der Waals surface area contributed by atoms with Crippen LogP contribution < -0.4 is 10.6 Å². The second kappa shape index (κ2) is 4.04. The van der Waals surface area contributed by atoms with Gasteiger partial charge in [-0.25, -0.2) is 9.18 Å². The molecule has 5 heteroatoms. The van der Waals surface area contributed by atoms with Gasteiger partial charge in [0.05, 0.1) is 0 Å². The maximum Gasteiger partial charge on any atom is 0.322 e. The van der Waals surface area contributed by atoms with Crippen molar-refractivity contribution in [2.75, 3.05) is 0 Å². The van der Waals surface area contributed by atoms with Crippen LogP contribution in [0.3, 0.4) is 0 Å². The molecule has 4 nitrogen and oxygen atoms in total. The summed E-state index contributed by atoms with van der Waals surface area (Å²) in [5.74, 6) is -0.529. The molecule has 1 saturated carbocycles. The first-order chi connectivity index (χ1) is 11.4. The molecule has 0 bridgehead atoms. The highest BCUT2D eigenvalue weighted by Crippen LogP contribution is 2.56. The van der Waals surface area contributed by atoms with Crippen LogP contribution in [-0.2, 0) is 10.3 Å². The molecule has 2 aliphatic carbocycles. The number of carbonyl (C=O) groups excluding carboxylic acids is 2. The second-order valence-electron chi connectivity index (χ2n) is 7.04. The molecule has 1 aliphatic heterocycles. The van der Waals surface area contributed by atoms with E-state index in [2.05, 4.69) is 10.6 Å². The number of nitrogens with one attached hydrogen (secondary N) is 2. The Kier molecular flexibility index (Phi) is 2.31. The minimum atomic E-state index is -1.21. The summed E-state index contributed by atoms with van der Waals surface area (Å²) in [6, 6.07) is 12.8. The predicted octanol–water partition coefficient (Wildman–Crippen LogP) is 2.97. The molecule has 2 aromatic carbocycles. The molecule has 2 N–H and O–H groups in total. The zero-order valence-electron chi connectivity index (χ0n) is 13.0. The van der Waals surface area contributed by atoms with E-state index in [0.29, 0.717) is 6.42 Å². The number of fused-ring (bicyclic) bond motifs is 5. The molecule has 0 radical (unpaired) electrons. The number of hydrogen-bond donors (Lipinski definition) is 2. The Morgan fingerprint density at radius 1 is 1.08 bits per heavy atom. The Bertz CT molecular complexity index is 937. The molecule has 1 spiro atoms. The van der Waals surface area contributed by atoms with Crippen molar-refractivity contribution in [3.8, 4) is 11.1 Å². The molecule has 3 atom stereocenters. The van der Waals surface area contributed by atoms with Crippen LogP contribution >= 0.6 is 0 Å². The van der Waals surface area contributed by atoms with Gasteiger partial charge in [0.1, 0.15) is 5.67 Å². The third kappa shape index (κ3) is 1.52. The third-order valence-corrected chi connectivity index (χ3v) is 5.51. The lowest BCUT2D eigenvalue weighted by Crippen LogP contribution is -2.43. The maximum absolute atomic E-state index is 14.1. The number of hydrogen-bond acceptors (Lipinski definition) is 2. The summed E-state index contributed by atoms with van der Waals surface area (Å²) in [4.78, 5) is 24.6. The third-order valence-electron chi connectivity index (χ3n) is 5.51. The van der Waals surface area contributed by atoms with Crippen molar-refractivity contribution < 1.29 is 14.0 Å². The van der Waals surface area contributed by atoms with Gasteiger partial charge in [-0.3, -0.25) is 10.1 Å². The number of carbonyl (C=O) groups is 2. The van der Waals surface area contributed by atoms with E-state index in [4.69, 9.17) is 0 Å². The number of urea groups is 1. The van der Waals surface area contributed by atoms with E-state index in [0.717, 1.165) is 27.8 Å². The van der Waals surface area contributed by atoms with E-state index < -0.39 is 17.2 Å². The average molecular weight is 322 g/mol. The lowest BCUT2D eigenvalue weighted by Gasteiger charge is -2.23. The highest BCUT2D eigenvalue weighted by Gasteiger charge is 2.56. The van der Waals surface area contributed by atoms with Gasteiger partial charge in [0, 0.05) is 5.92 Å². The van der Waals surface area contributed by atoms with Crippen molar-refractivity contribution in [2.45, 2.75) is 30.5 Å². The number of imide groups is 1. The molecule has 24 heavy (non-hydrogen) atoms. The number of halogens is 1. The molecule has 5 rings (SSSR count). The fourth-order valence-corrected chi connectivity index (χ4v) is 4.15. The highest BCUT2D eigenvalue weighted by molar-refractivity contribution is 6.13. The van der Waals surface area contributed by atoms with Gasteiger partial charge >= 0.3 is 6.03 Å². The van der Waals surface area contributed by atoms with Gasteiger partial charge in [-0.1, -0.05) is 42.5 Å². The van der Waals surface area contributed by atoms with E-state index in [1.54, 1.807) is 6.92 Å². The molecule has 1 saturated heterocycles. The van der Waals surface area contributed by atoms with E-state index in [1.165, 1.54) is 0 Å². The minimum absolute atomic E-state index is 0.149.